The number of nitrogens with one attached hydrogen (secondary N) is 1. The number of anilines is 3. The third-order valence-electron chi connectivity index (χ3n) is 5.64. The molecule has 3 heterocycles. The molecule has 29 heavy (non-hydrogen) atoms. The Bertz CT molecular complexity index is 836. The summed E-state index contributed by atoms with van der Waals surface area (Å²) in [6.07, 6.45) is 1.00. The van der Waals surface area contributed by atoms with Gasteiger partial charge in [0.25, 0.3) is 0 Å². The minimum Gasteiger partial charge on any atom is -0.368 e. The van der Waals surface area contributed by atoms with E-state index in [-0.39, 0.29) is 6.04 Å². The molecular weight excluding hydrogens is 404 g/mol. The number of aryl methyl sites for hydroxylation is 1. The van der Waals surface area contributed by atoms with Crippen molar-refractivity contribution in [3.05, 3.63) is 35.0 Å². The summed E-state index contributed by atoms with van der Waals surface area (Å²) in [4.78, 5) is 15.7. The molecule has 0 radical (unpaired) electrons. The van der Waals surface area contributed by atoms with Crippen molar-refractivity contribution >= 4 is 40.8 Å². The van der Waals surface area contributed by atoms with Crippen LogP contribution < -0.4 is 20.9 Å². The summed E-state index contributed by atoms with van der Waals surface area (Å²) in [5.41, 5.74) is 8.37. The van der Waals surface area contributed by atoms with Crippen molar-refractivity contribution in [1.82, 2.24) is 9.97 Å². The minimum atomic E-state index is 0.213. The summed E-state index contributed by atoms with van der Waals surface area (Å²) >= 11 is 7.87. The number of piperazine rings is 1. The molecule has 1 saturated heterocycles. The molecule has 3 N–H and O–H groups in total. The standard InChI is InChI=1S/C21H29ClN6S/c1-14(2)18(13-23)24-20-19-17(7-12-29-19)25-21(26-20)28-10-8-27(9-11-28)16-5-3-15(22)4-6-16/h3-6,14,18H,7-13,23H2,1-2H3,(H,24,25,26). The fourth-order valence-corrected chi connectivity index (χ4v) is 4.97. The van der Waals surface area contributed by atoms with E-state index in [1.165, 1.54) is 16.3 Å². The van der Waals surface area contributed by atoms with Crippen molar-refractivity contribution in [3.63, 3.8) is 0 Å². The number of benzene rings is 1. The molecule has 1 fully saturated rings. The Balaban J connectivity index is 1.50. The first-order chi connectivity index (χ1) is 14.0. The normalized spacial score (nSPS) is 17.6. The molecule has 2 aromatic rings. The zero-order valence-electron chi connectivity index (χ0n) is 17.1. The summed E-state index contributed by atoms with van der Waals surface area (Å²) < 4.78 is 0. The lowest BCUT2D eigenvalue weighted by atomic mass is 10.0. The highest BCUT2D eigenvalue weighted by molar-refractivity contribution is 7.99. The Morgan fingerprint density at radius 1 is 1.10 bits per heavy atom. The van der Waals surface area contributed by atoms with Crippen molar-refractivity contribution in [2.75, 3.05) is 53.6 Å². The monoisotopic (exact) mass is 432 g/mol. The lowest BCUT2D eigenvalue weighted by Gasteiger charge is -2.36. The summed E-state index contributed by atoms with van der Waals surface area (Å²) in [6, 6.07) is 8.28. The zero-order chi connectivity index (χ0) is 20.4. The number of thioether (sulfide) groups is 1. The van der Waals surface area contributed by atoms with Crippen LogP contribution in [0.5, 0.6) is 0 Å². The zero-order valence-corrected chi connectivity index (χ0v) is 18.6. The predicted molar refractivity (Wildman–Crippen MR) is 124 cm³/mol. The van der Waals surface area contributed by atoms with Gasteiger partial charge in [0.05, 0.1) is 10.6 Å². The predicted octanol–water partition coefficient (Wildman–Crippen LogP) is 3.50. The van der Waals surface area contributed by atoms with E-state index in [1.807, 2.05) is 23.9 Å². The highest BCUT2D eigenvalue weighted by Crippen LogP contribution is 2.37. The molecule has 1 atom stereocenters. The van der Waals surface area contributed by atoms with Gasteiger partial charge in [-0.3, -0.25) is 0 Å². The van der Waals surface area contributed by atoms with E-state index in [1.54, 1.807) is 0 Å². The lowest BCUT2D eigenvalue weighted by Crippen LogP contribution is -2.47. The first-order valence-electron chi connectivity index (χ1n) is 10.3. The van der Waals surface area contributed by atoms with Crippen LogP contribution in [0.3, 0.4) is 0 Å². The maximum Gasteiger partial charge on any atom is 0.227 e. The number of nitrogens with two attached hydrogens (primary N) is 1. The third kappa shape index (κ3) is 4.57. The van der Waals surface area contributed by atoms with Gasteiger partial charge in [-0.2, -0.15) is 4.98 Å². The number of nitrogens with zero attached hydrogens (tertiary/aromatic N) is 4. The molecule has 4 rings (SSSR count). The van der Waals surface area contributed by atoms with Gasteiger partial charge in [0, 0.05) is 61.6 Å². The van der Waals surface area contributed by atoms with Crippen LogP contribution in [0.4, 0.5) is 17.5 Å². The minimum absolute atomic E-state index is 0.213. The Labute approximate surface area is 182 Å². The van der Waals surface area contributed by atoms with Crippen LogP contribution in [-0.4, -0.2) is 54.5 Å². The van der Waals surface area contributed by atoms with E-state index < -0.39 is 0 Å². The first-order valence-corrected chi connectivity index (χ1v) is 11.7. The van der Waals surface area contributed by atoms with Gasteiger partial charge in [0.1, 0.15) is 5.82 Å². The second-order valence-electron chi connectivity index (χ2n) is 7.93. The van der Waals surface area contributed by atoms with E-state index in [4.69, 9.17) is 27.3 Å². The van der Waals surface area contributed by atoms with Gasteiger partial charge < -0.3 is 20.9 Å². The number of fused-ring (bicyclic) bond motifs is 1. The van der Waals surface area contributed by atoms with Crippen LogP contribution in [0, 0.1) is 5.92 Å². The van der Waals surface area contributed by atoms with E-state index in [9.17, 15) is 0 Å². The Morgan fingerprint density at radius 2 is 1.79 bits per heavy atom. The molecule has 6 nitrogen and oxygen atoms in total. The average Bonchev–Trinajstić information content (AvgIpc) is 3.21. The molecule has 0 bridgehead atoms. The van der Waals surface area contributed by atoms with Gasteiger partial charge in [-0.25, -0.2) is 4.98 Å². The lowest BCUT2D eigenvalue weighted by molar-refractivity contribution is 0.528. The van der Waals surface area contributed by atoms with Crippen molar-refractivity contribution in [2.45, 2.75) is 31.2 Å². The first kappa shape index (κ1) is 20.6. The number of halogens is 1. The van der Waals surface area contributed by atoms with Crippen molar-refractivity contribution < 1.29 is 0 Å². The van der Waals surface area contributed by atoms with Crippen molar-refractivity contribution in [3.8, 4) is 0 Å². The second kappa shape index (κ2) is 8.98. The van der Waals surface area contributed by atoms with Crippen molar-refractivity contribution in [2.24, 2.45) is 11.7 Å². The molecule has 8 heteroatoms. The van der Waals surface area contributed by atoms with E-state index in [0.717, 1.165) is 55.1 Å². The Hall–Kier alpha value is -1.70. The average molecular weight is 433 g/mol. The van der Waals surface area contributed by atoms with Gasteiger partial charge in [-0.05, 0) is 30.2 Å². The molecule has 0 aliphatic carbocycles. The fourth-order valence-electron chi connectivity index (χ4n) is 3.78. The quantitative estimate of drug-likeness (QED) is 0.723. The van der Waals surface area contributed by atoms with Crippen LogP contribution in [0.2, 0.25) is 5.02 Å². The summed E-state index contributed by atoms with van der Waals surface area (Å²) in [5.74, 6) is 3.31. The number of rotatable bonds is 6. The Kier molecular flexibility index (Phi) is 6.37. The maximum absolute atomic E-state index is 6.02. The summed E-state index contributed by atoms with van der Waals surface area (Å²) in [5, 5.41) is 4.37. The number of hydrogen-bond donors (Lipinski definition) is 2. The van der Waals surface area contributed by atoms with E-state index in [0.29, 0.717) is 12.5 Å². The van der Waals surface area contributed by atoms with Gasteiger partial charge in [0.15, 0.2) is 0 Å². The van der Waals surface area contributed by atoms with Gasteiger partial charge in [0.2, 0.25) is 5.95 Å². The van der Waals surface area contributed by atoms with Gasteiger partial charge in [-0.1, -0.05) is 25.4 Å². The number of hydrogen-bond acceptors (Lipinski definition) is 7. The SMILES string of the molecule is CC(C)C(CN)Nc1nc(N2CCN(c3ccc(Cl)cc3)CC2)nc2c1SCC2. The third-order valence-corrected chi connectivity index (χ3v) is 7.02. The van der Waals surface area contributed by atoms with Crippen molar-refractivity contribution in [1.29, 1.82) is 0 Å². The Morgan fingerprint density at radius 3 is 2.45 bits per heavy atom. The second-order valence-corrected chi connectivity index (χ2v) is 9.47. The van der Waals surface area contributed by atoms with E-state index >= 15 is 0 Å². The molecule has 0 spiro atoms. The molecule has 1 aromatic carbocycles. The van der Waals surface area contributed by atoms with Crippen LogP contribution in [-0.2, 0) is 6.42 Å². The maximum atomic E-state index is 6.02. The summed E-state index contributed by atoms with van der Waals surface area (Å²) in [7, 11) is 0. The van der Waals surface area contributed by atoms with Crippen LogP contribution in [0.15, 0.2) is 29.2 Å². The van der Waals surface area contributed by atoms with Gasteiger partial charge in [-0.15, -0.1) is 11.8 Å². The fraction of sp³-hybridized carbons (Fsp3) is 0.524. The topological polar surface area (TPSA) is 70.3 Å². The van der Waals surface area contributed by atoms with Gasteiger partial charge >= 0.3 is 0 Å². The molecule has 1 aromatic heterocycles. The van der Waals surface area contributed by atoms with Crippen LogP contribution >= 0.6 is 23.4 Å². The molecule has 0 amide bonds. The molecule has 2 aliphatic rings. The molecule has 1 unspecified atom stereocenters. The molecule has 156 valence electrons. The highest BCUT2D eigenvalue weighted by Gasteiger charge is 2.26. The number of aromatic nitrogens is 2. The molecular formula is C21H29ClN6S. The van der Waals surface area contributed by atoms with Crippen LogP contribution in [0.25, 0.3) is 0 Å². The van der Waals surface area contributed by atoms with E-state index in [2.05, 4.69) is 41.1 Å². The summed E-state index contributed by atoms with van der Waals surface area (Å²) in [6.45, 7) is 8.66. The largest absolute Gasteiger partial charge is 0.368 e. The smallest absolute Gasteiger partial charge is 0.227 e. The molecule has 0 saturated carbocycles. The van der Waals surface area contributed by atoms with Crippen LogP contribution in [0.1, 0.15) is 19.5 Å². The highest BCUT2D eigenvalue weighted by atomic mass is 35.5. The molecule has 2 aliphatic heterocycles.